The van der Waals surface area contributed by atoms with Crippen LogP contribution in [0, 0.1) is 0 Å². The summed E-state index contributed by atoms with van der Waals surface area (Å²) in [7, 11) is 1.52. The van der Waals surface area contributed by atoms with Crippen molar-refractivity contribution in [1.29, 1.82) is 0 Å². The SMILES string of the molecule is CCCCCCCSc1nnc2c(n1)O[C@@H](c1ccc(O)c(OC)c1)Nc1ccccc1-2. The Labute approximate surface area is 192 Å². The normalized spacial score (nSPS) is 14.5. The van der Waals surface area contributed by atoms with E-state index in [9.17, 15) is 5.11 Å². The van der Waals surface area contributed by atoms with Crippen molar-refractivity contribution < 1.29 is 14.6 Å². The van der Waals surface area contributed by atoms with Gasteiger partial charge in [-0.2, -0.15) is 4.98 Å². The van der Waals surface area contributed by atoms with Gasteiger partial charge in [-0.3, -0.25) is 0 Å². The summed E-state index contributed by atoms with van der Waals surface area (Å²) < 4.78 is 11.6. The van der Waals surface area contributed by atoms with Crippen molar-refractivity contribution in [2.24, 2.45) is 0 Å². The molecule has 0 bridgehead atoms. The number of fused-ring (bicyclic) bond motifs is 3. The molecule has 7 nitrogen and oxygen atoms in total. The number of hydrogen-bond acceptors (Lipinski definition) is 8. The molecule has 8 heteroatoms. The number of ether oxygens (including phenoxy) is 2. The Kier molecular flexibility index (Phi) is 7.32. The van der Waals surface area contributed by atoms with Gasteiger partial charge in [0.2, 0.25) is 11.0 Å². The van der Waals surface area contributed by atoms with Gasteiger partial charge >= 0.3 is 0 Å². The largest absolute Gasteiger partial charge is 0.504 e. The summed E-state index contributed by atoms with van der Waals surface area (Å²) in [5, 5.41) is 22.8. The molecule has 0 saturated carbocycles. The Morgan fingerprint density at radius 3 is 2.78 bits per heavy atom. The minimum absolute atomic E-state index is 0.0762. The van der Waals surface area contributed by atoms with Crippen molar-refractivity contribution >= 4 is 17.4 Å². The Morgan fingerprint density at radius 1 is 1.09 bits per heavy atom. The number of hydrogen-bond donors (Lipinski definition) is 2. The molecule has 0 spiro atoms. The van der Waals surface area contributed by atoms with Crippen molar-refractivity contribution in [3.8, 4) is 28.6 Å². The van der Waals surface area contributed by atoms with Crippen LogP contribution in [0.4, 0.5) is 5.69 Å². The van der Waals surface area contributed by atoms with E-state index in [4.69, 9.17) is 9.47 Å². The van der Waals surface area contributed by atoms with Crippen LogP contribution in [0.3, 0.4) is 0 Å². The van der Waals surface area contributed by atoms with Crippen molar-refractivity contribution in [1.82, 2.24) is 15.2 Å². The van der Waals surface area contributed by atoms with Gasteiger partial charge in [0.05, 0.1) is 7.11 Å². The predicted octanol–water partition coefficient (Wildman–Crippen LogP) is 5.82. The number of benzene rings is 2. The van der Waals surface area contributed by atoms with E-state index in [0.717, 1.165) is 29.0 Å². The summed E-state index contributed by atoms with van der Waals surface area (Å²) in [6.07, 6.45) is 5.61. The van der Waals surface area contributed by atoms with Gasteiger partial charge in [0.25, 0.3) is 0 Å². The summed E-state index contributed by atoms with van der Waals surface area (Å²) in [6, 6.07) is 13.0. The Hall–Kier alpha value is -3.00. The first-order valence-electron chi connectivity index (χ1n) is 11.0. The van der Waals surface area contributed by atoms with Gasteiger partial charge in [-0.25, -0.2) is 0 Å². The molecule has 0 aliphatic carbocycles. The summed E-state index contributed by atoms with van der Waals surface area (Å²) in [5.74, 6) is 1.85. The zero-order valence-corrected chi connectivity index (χ0v) is 19.2. The number of phenolic OH excluding ortho intramolecular Hbond substituents is 1. The molecule has 0 amide bonds. The first-order chi connectivity index (χ1) is 15.7. The Bertz CT molecular complexity index is 1060. The molecule has 4 rings (SSSR count). The van der Waals surface area contributed by atoms with E-state index in [1.807, 2.05) is 24.3 Å². The van der Waals surface area contributed by atoms with Crippen molar-refractivity contribution in [2.75, 3.05) is 18.2 Å². The van der Waals surface area contributed by atoms with Gasteiger partial charge in [0.1, 0.15) is 0 Å². The molecule has 3 aromatic rings. The molecule has 2 aromatic carbocycles. The van der Waals surface area contributed by atoms with Gasteiger partial charge in [0, 0.05) is 22.6 Å². The lowest BCUT2D eigenvalue weighted by Gasteiger charge is -2.20. The number of aromatic nitrogens is 3. The van der Waals surface area contributed by atoms with Gasteiger partial charge in [-0.05, 0) is 30.7 Å². The summed E-state index contributed by atoms with van der Waals surface area (Å²) in [4.78, 5) is 4.69. The predicted molar refractivity (Wildman–Crippen MR) is 126 cm³/mol. The number of nitrogens with one attached hydrogen (secondary N) is 1. The maximum Gasteiger partial charge on any atom is 0.247 e. The summed E-state index contributed by atoms with van der Waals surface area (Å²) in [5.41, 5.74) is 3.15. The molecule has 1 aliphatic heterocycles. The first-order valence-corrected chi connectivity index (χ1v) is 11.9. The monoisotopic (exact) mass is 452 g/mol. The molecular formula is C24H28N4O3S. The van der Waals surface area contributed by atoms with Gasteiger partial charge < -0.3 is 19.9 Å². The lowest BCUT2D eigenvalue weighted by molar-refractivity contribution is 0.224. The van der Waals surface area contributed by atoms with E-state index in [1.165, 1.54) is 32.8 Å². The van der Waals surface area contributed by atoms with Crippen LogP contribution in [-0.2, 0) is 0 Å². The molecule has 32 heavy (non-hydrogen) atoms. The Balaban J connectivity index is 1.59. The van der Waals surface area contributed by atoms with E-state index in [1.54, 1.807) is 30.0 Å². The lowest BCUT2D eigenvalue weighted by Crippen LogP contribution is -2.17. The smallest absolute Gasteiger partial charge is 0.247 e. The maximum absolute atomic E-state index is 9.97. The van der Waals surface area contributed by atoms with Crippen molar-refractivity contribution in [3.05, 3.63) is 48.0 Å². The molecule has 1 atom stereocenters. The van der Waals surface area contributed by atoms with Crippen LogP contribution in [0.15, 0.2) is 47.6 Å². The molecular weight excluding hydrogens is 424 g/mol. The number of phenols is 1. The molecule has 1 aliphatic rings. The second kappa shape index (κ2) is 10.5. The zero-order chi connectivity index (χ0) is 22.3. The summed E-state index contributed by atoms with van der Waals surface area (Å²) in [6.45, 7) is 2.22. The molecule has 0 saturated heterocycles. The molecule has 2 N–H and O–H groups in total. The second-order valence-electron chi connectivity index (χ2n) is 7.63. The average molecular weight is 453 g/mol. The van der Waals surface area contributed by atoms with E-state index >= 15 is 0 Å². The highest BCUT2D eigenvalue weighted by Crippen LogP contribution is 2.40. The van der Waals surface area contributed by atoms with Crippen LogP contribution in [0.5, 0.6) is 17.4 Å². The van der Waals surface area contributed by atoms with Gasteiger partial charge in [-0.1, -0.05) is 62.6 Å². The van der Waals surface area contributed by atoms with Gasteiger partial charge in [0.15, 0.2) is 23.4 Å². The highest BCUT2D eigenvalue weighted by molar-refractivity contribution is 7.99. The first kappa shape index (κ1) is 22.2. The van der Waals surface area contributed by atoms with Crippen LogP contribution in [-0.4, -0.2) is 33.2 Å². The highest BCUT2D eigenvalue weighted by Gasteiger charge is 2.26. The van der Waals surface area contributed by atoms with Crippen LogP contribution in [0.2, 0.25) is 0 Å². The fourth-order valence-corrected chi connectivity index (χ4v) is 4.36. The third-order valence-corrected chi connectivity index (χ3v) is 6.24. The zero-order valence-electron chi connectivity index (χ0n) is 18.4. The van der Waals surface area contributed by atoms with E-state index in [2.05, 4.69) is 27.4 Å². The minimum atomic E-state index is -0.532. The van der Waals surface area contributed by atoms with Crippen LogP contribution >= 0.6 is 11.8 Å². The number of methoxy groups -OCH3 is 1. The standard InChI is InChI=1S/C24H28N4O3S/c1-3-4-5-6-9-14-32-24-26-23-21(27-28-24)17-10-7-8-11-18(17)25-22(31-23)16-12-13-19(29)20(15-16)30-2/h7-8,10-13,15,22,25,29H,3-6,9,14H2,1-2H3/t22-/m0/s1. The fourth-order valence-electron chi connectivity index (χ4n) is 3.59. The summed E-state index contributed by atoms with van der Waals surface area (Å²) >= 11 is 1.61. The fraction of sp³-hybridized carbons (Fsp3) is 0.375. The van der Waals surface area contributed by atoms with Crippen LogP contribution in [0.25, 0.3) is 11.3 Å². The molecule has 2 heterocycles. The number of rotatable bonds is 9. The number of para-hydroxylation sites is 1. The number of thioether (sulfide) groups is 1. The number of aromatic hydroxyl groups is 1. The van der Waals surface area contributed by atoms with Crippen molar-refractivity contribution in [2.45, 2.75) is 50.4 Å². The average Bonchev–Trinajstić information content (AvgIpc) is 2.98. The molecule has 0 unspecified atom stereocenters. The van der Waals surface area contributed by atoms with Crippen molar-refractivity contribution in [3.63, 3.8) is 0 Å². The third kappa shape index (κ3) is 5.07. The Morgan fingerprint density at radius 2 is 1.94 bits per heavy atom. The lowest BCUT2D eigenvalue weighted by atomic mass is 10.1. The van der Waals surface area contributed by atoms with E-state index in [0.29, 0.717) is 22.5 Å². The maximum atomic E-state index is 9.97. The number of unbranched alkanes of at least 4 members (excludes halogenated alkanes) is 4. The molecule has 0 radical (unpaired) electrons. The number of nitrogens with zero attached hydrogens (tertiary/aromatic N) is 3. The van der Waals surface area contributed by atoms with E-state index < -0.39 is 6.23 Å². The van der Waals surface area contributed by atoms with Crippen LogP contribution < -0.4 is 14.8 Å². The number of anilines is 1. The van der Waals surface area contributed by atoms with Crippen LogP contribution in [0.1, 0.15) is 50.8 Å². The van der Waals surface area contributed by atoms with E-state index in [-0.39, 0.29) is 5.75 Å². The molecule has 0 fully saturated rings. The molecule has 1 aromatic heterocycles. The second-order valence-corrected chi connectivity index (χ2v) is 8.69. The highest BCUT2D eigenvalue weighted by atomic mass is 32.2. The minimum Gasteiger partial charge on any atom is -0.504 e. The molecule has 168 valence electrons. The third-order valence-electron chi connectivity index (χ3n) is 5.32. The topological polar surface area (TPSA) is 89.4 Å². The van der Waals surface area contributed by atoms with Gasteiger partial charge in [-0.15, -0.1) is 10.2 Å². The quantitative estimate of drug-likeness (QED) is 0.310.